The van der Waals surface area contributed by atoms with Crippen LogP contribution in [0.25, 0.3) is 0 Å². The summed E-state index contributed by atoms with van der Waals surface area (Å²) in [7, 11) is -9.57. The number of allylic oxidation sites excluding steroid dienone is 4. The Morgan fingerprint density at radius 2 is 0.618 bits per heavy atom. The van der Waals surface area contributed by atoms with E-state index in [9.17, 15) is 43.8 Å². The summed E-state index contributed by atoms with van der Waals surface area (Å²) in [6.07, 6.45) is 43.1. The minimum absolute atomic E-state index is 0.185. The van der Waals surface area contributed by atoms with Gasteiger partial charge < -0.3 is 34.6 Å². The lowest BCUT2D eigenvalue weighted by molar-refractivity contribution is -0.148. The summed E-state index contributed by atoms with van der Waals surface area (Å²) in [5, 5.41) is 30.1. The predicted molar refractivity (Wildman–Crippen MR) is 270 cm³/mol. The molecule has 15 nitrogen and oxygen atoms in total. The first kappa shape index (κ1) is 66.5. The van der Waals surface area contributed by atoms with Gasteiger partial charge in [0.05, 0.1) is 26.4 Å². The number of phosphoric acid groups is 2. The first-order valence-corrected chi connectivity index (χ1v) is 29.7. The summed E-state index contributed by atoms with van der Waals surface area (Å²) in [6.45, 7) is 0.425. The Morgan fingerprint density at radius 1 is 0.382 bits per heavy atom. The third-order valence-electron chi connectivity index (χ3n) is 11.4. The third kappa shape index (κ3) is 49.5. The molecule has 0 saturated heterocycles. The topological polar surface area (TPSA) is 225 Å². The standard InChI is InChI=1S/C51H98O15P2/c1-3-5-7-9-11-13-15-17-19-20-21-22-23-24-26-28-30-32-34-36-38-40-51(56)62-42-48(53)44-64-68(59,60)66-46-49(54)45-65-67(57,58)63-43-47(52)41-61-50(55)39-37-35-33-31-29-27-25-18-16-14-12-10-8-6-4-2/h12,14,16,18,47-49,52-54H,3-11,13,15,17,19-46H2,1-2H3,(H,57,58)(H,59,60)/b14-12+,18-16+. The highest BCUT2D eigenvalue weighted by Gasteiger charge is 2.28. The fourth-order valence-corrected chi connectivity index (χ4v) is 8.86. The first-order valence-electron chi connectivity index (χ1n) is 26.7. The largest absolute Gasteiger partial charge is 0.472 e. The van der Waals surface area contributed by atoms with E-state index < -0.39 is 85.5 Å². The van der Waals surface area contributed by atoms with Crippen molar-refractivity contribution < 1.29 is 71.4 Å². The SMILES string of the molecule is CCCCC/C=C/C=C/CCCCCCCCC(=O)OCC(O)COP(=O)(O)OCC(O)COP(=O)(O)OCC(O)COC(=O)CCCCCCCCCCCCCCCCCCCCCCC. The maximum Gasteiger partial charge on any atom is 0.472 e. The van der Waals surface area contributed by atoms with Crippen molar-refractivity contribution in [2.45, 2.75) is 250 Å². The number of aliphatic hydroxyl groups excluding tert-OH is 3. The molecule has 0 rings (SSSR count). The predicted octanol–water partition coefficient (Wildman–Crippen LogP) is 12.8. The Balaban J connectivity index is 3.82. The summed E-state index contributed by atoms with van der Waals surface area (Å²) in [5.41, 5.74) is 0. The lowest BCUT2D eigenvalue weighted by Gasteiger charge is -2.19. The van der Waals surface area contributed by atoms with Gasteiger partial charge in [-0.25, -0.2) is 9.13 Å². The zero-order valence-electron chi connectivity index (χ0n) is 42.5. The molecule has 0 bridgehead atoms. The Hall–Kier alpha value is -1.48. The van der Waals surface area contributed by atoms with E-state index >= 15 is 0 Å². The molecule has 0 aromatic heterocycles. The highest BCUT2D eigenvalue weighted by molar-refractivity contribution is 7.47. The summed E-state index contributed by atoms with van der Waals surface area (Å²) in [5.74, 6) is -0.997. The van der Waals surface area contributed by atoms with Crippen LogP contribution in [0.5, 0.6) is 0 Å². The van der Waals surface area contributed by atoms with Crippen molar-refractivity contribution >= 4 is 27.6 Å². The summed E-state index contributed by atoms with van der Waals surface area (Å²) < 4.78 is 53.1. The number of ether oxygens (including phenoxy) is 2. The van der Waals surface area contributed by atoms with Gasteiger partial charge >= 0.3 is 27.6 Å². The van der Waals surface area contributed by atoms with Crippen LogP contribution in [0.4, 0.5) is 0 Å². The number of esters is 2. The normalized spacial score (nSPS) is 15.1. The molecule has 0 aromatic rings. The number of carbonyl (C=O) groups excluding carboxylic acids is 2. The number of unbranched alkanes of at least 4 members (excludes halogenated alkanes) is 29. The Bertz CT molecular complexity index is 1320. The molecule has 0 amide bonds. The first-order chi connectivity index (χ1) is 32.8. The van der Waals surface area contributed by atoms with E-state index in [0.29, 0.717) is 12.8 Å². The molecule has 0 aromatic carbocycles. The second-order valence-electron chi connectivity index (χ2n) is 18.3. The molecule has 0 aliphatic rings. The lowest BCUT2D eigenvalue weighted by Crippen LogP contribution is -2.25. The Morgan fingerprint density at radius 3 is 0.926 bits per heavy atom. The summed E-state index contributed by atoms with van der Waals surface area (Å²) >= 11 is 0. The molecular weight excluding hydrogens is 914 g/mol. The van der Waals surface area contributed by atoms with Gasteiger partial charge in [0.15, 0.2) is 0 Å². The molecule has 402 valence electrons. The fraction of sp³-hybridized carbons (Fsp3) is 0.882. The van der Waals surface area contributed by atoms with Gasteiger partial charge in [0.1, 0.15) is 31.5 Å². The molecule has 68 heavy (non-hydrogen) atoms. The van der Waals surface area contributed by atoms with E-state index in [1.807, 2.05) is 0 Å². The molecule has 0 heterocycles. The molecule has 5 unspecified atom stereocenters. The van der Waals surface area contributed by atoms with E-state index in [4.69, 9.17) is 14.0 Å². The van der Waals surface area contributed by atoms with Crippen LogP contribution in [-0.4, -0.2) is 95.0 Å². The van der Waals surface area contributed by atoms with Crippen LogP contribution in [0.2, 0.25) is 0 Å². The summed E-state index contributed by atoms with van der Waals surface area (Å²) in [6, 6.07) is 0. The van der Waals surface area contributed by atoms with Gasteiger partial charge in [0, 0.05) is 12.8 Å². The number of aliphatic hydroxyl groups is 3. The van der Waals surface area contributed by atoms with Crippen LogP contribution >= 0.6 is 15.6 Å². The molecule has 0 fully saturated rings. The second kappa shape index (κ2) is 47.8. The Kier molecular flexibility index (Phi) is 46.8. The van der Waals surface area contributed by atoms with Crippen LogP contribution in [0, 0.1) is 0 Å². The summed E-state index contributed by atoms with van der Waals surface area (Å²) in [4.78, 5) is 43.8. The number of phosphoric ester groups is 2. The second-order valence-corrected chi connectivity index (χ2v) is 21.2. The van der Waals surface area contributed by atoms with Crippen molar-refractivity contribution in [1.29, 1.82) is 0 Å². The molecule has 17 heteroatoms. The minimum Gasteiger partial charge on any atom is -0.463 e. The average molecular weight is 1010 g/mol. The maximum absolute atomic E-state index is 12.2. The molecule has 5 atom stereocenters. The molecule has 0 spiro atoms. The number of carbonyl (C=O) groups is 2. The van der Waals surface area contributed by atoms with E-state index in [2.05, 4.69) is 51.7 Å². The number of rotatable bonds is 52. The van der Waals surface area contributed by atoms with E-state index in [0.717, 1.165) is 64.2 Å². The number of hydrogen-bond donors (Lipinski definition) is 5. The monoisotopic (exact) mass is 1010 g/mol. The number of hydrogen-bond acceptors (Lipinski definition) is 13. The van der Waals surface area contributed by atoms with Crippen molar-refractivity contribution in [2.24, 2.45) is 0 Å². The van der Waals surface area contributed by atoms with Crippen LogP contribution in [0.1, 0.15) is 232 Å². The van der Waals surface area contributed by atoms with Gasteiger partial charge in [-0.05, 0) is 38.5 Å². The highest BCUT2D eigenvalue weighted by Crippen LogP contribution is 2.45. The van der Waals surface area contributed by atoms with Crippen molar-refractivity contribution in [1.82, 2.24) is 0 Å². The minimum atomic E-state index is -4.79. The van der Waals surface area contributed by atoms with Crippen LogP contribution < -0.4 is 0 Å². The van der Waals surface area contributed by atoms with Crippen molar-refractivity contribution in [2.75, 3.05) is 39.6 Å². The molecule has 0 radical (unpaired) electrons. The average Bonchev–Trinajstić information content (AvgIpc) is 3.31. The highest BCUT2D eigenvalue weighted by atomic mass is 31.2. The zero-order valence-corrected chi connectivity index (χ0v) is 44.3. The van der Waals surface area contributed by atoms with Gasteiger partial charge in [0.25, 0.3) is 0 Å². The fourth-order valence-electron chi connectivity index (χ4n) is 7.26. The van der Waals surface area contributed by atoms with Crippen LogP contribution in [0.3, 0.4) is 0 Å². The Labute approximate surface area is 412 Å². The lowest BCUT2D eigenvalue weighted by atomic mass is 10.0. The van der Waals surface area contributed by atoms with E-state index in [1.54, 1.807) is 0 Å². The van der Waals surface area contributed by atoms with Gasteiger partial charge in [-0.2, -0.15) is 0 Å². The van der Waals surface area contributed by atoms with Gasteiger partial charge in [-0.1, -0.05) is 205 Å². The zero-order chi connectivity index (χ0) is 50.2. The smallest absolute Gasteiger partial charge is 0.463 e. The third-order valence-corrected chi connectivity index (χ3v) is 13.3. The molecule has 0 aliphatic heterocycles. The van der Waals surface area contributed by atoms with Crippen LogP contribution in [0.15, 0.2) is 24.3 Å². The van der Waals surface area contributed by atoms with Gasteiger partial charge in [-0.3, -0.25) is 27.7 Å². The van der Waals surface area contributed by atoms with Crippen molar-refractivity contribution in [3.63, 3.8) is 0 Å². The van der Waals surface area contributed by atoms with Crippen molar-refractivity contribution in [3.8, 4) is 0 Å². The molecule has 5 N–H and O–H groups in total. The van der Waals surface area contributed by atoms with E-state index in [-0.39, 0.29) is 12.8 Å². The maximum atomic E-state index is 12.2. The van der Waals surface area contributed by atoms with Crippen LogP contribution in [-0.2, 0) is 46.3 Å². The molecule has 0 saturated carbocycles. The van der Waals surface area contributed by atoms with E-state index in [1.165, 1.54) is 128 Å². The molecule has 0 aliphatic carbocycles. The molecular formula is C51H98O15P2. The van der Waals surface area contributed by atoms with Crippen molar-refractivity contribution in [3.05, 3.63) is 24.3 Å². The van der Waals surface area contributed by atoms with Gasteiger partial charge in [0.2, 0.25) is 0 Å². The quantitative estimate of drug-likeness (QED) is 0.0165. The van der Waals surface area contributed by atoms with Gasteiger partial charge in [-0.15, -0.1) is 0 Å².